The van der Waals surface area contributed by atoms with Gasteiger partial charge in [0.15, 0.2) is 10.6 Å². The quantitative estimate of drug-likeness (QED) is 0.812. The van der Waals surface area contributed by atoms with Crippen molar-refractivity contribution in [3.8, 4) is 0 Å². The molecule has 2 rings (SSSR count). The fourth-order valence-corrected chi connectivity index (χ4v) is 2.25. The molecule has 0 bridgehead atoms. The average molecular weight is 310 g/mol. The van der Waals surface area contributed by atoms with Crippen LogP contribution in [-0.4, -0.2) is 43.6 Å². The maximum atomic E-state index is 12.6. The SMILES string of the molecule is Cn1c(CO)nn(CN(CC2CC2)CC(F)(F)F)c1=S. The molecule has 0 unspecified atom stereocenters. The maximum Gasteiger partial charge on any atom is 0.401 e. The van der Waals surface area contributed by atoms with Crippen molar-refractivity contribution >= 4 is 12.2 Å². The lowest BCUT2D eigenvalue weighted by Gasteiger charge is -2.23. The van der Waals surface area contributed by atoms with Crippen LogP contribution in [0.1, 0.15) is 18.7 Å². The molecule has 20 heavy (non-hydrogen) atoms. The Bertz CT molecular complexity index is 521. The first-order valence-corrected chi connectivity index (χ1v) is 6.73. The highest BCUT2D eigenvalue weighted by atomic mass is 32.1. The summed E-state index contributed by atoms with van der Waals surface area (Å²) in [7, 11) is 1.63. The van der Waals surface area contributed by atoms with E-state index in [0.717, 1.165) is 12.8 Å². The van der Waals surface area contributed by atoms with E-state index in [-0.39, 0.29) is 13.3 Å². The molecule has 1 saturated carbocycles. The van der Waals surface area contributed by atoms with Crippen LogP contribution in [-0.2, 0) is 20.3 Å². The van der Waals surface area contributed by atoms with Gasteiger partial charge in [-0.15, -0.1) is 0 Å². The van der Waals surface area contributed by atoms with Gasteiger partial charge >= 0.3 is 6.18 Å². The van der Waals surface area contributed by atoms with E-state index < -0.39 is 12.7 Å². The normalized spacial score (nSPS) is 16.1. The van der Waals surface area contributed by atoms with Gasteiger partial charge in [-0.3, -0.25) is 4.90 Å². The van der Waals surface area contributed by atoms with Crippen molar-refractivity contribution < 1.29 is 18.3 Å². The summed E-state index contributed by atoms with van der Waals surface area (Å²) in [5.74, 6) is 0.681. The topological polar surface area (TPSA) is 46.2 Å². The van der Waals surface area contributed by atoms with Crippen LogP contribution in [0.4, 0.5) is 13.2 Å². The second kappa shape index (κ2) is 5.82. The maximum absolute atomic E-state index is 12.6. The summed E-state index contributed by atoms with van der Waals surface area (Å²) >= 11 is 5.11. The molecule has 0 atom stereocenters. The summed E-state index contributed by atoms with van der Waals surface area (Å²) in [5, 5.41) is 13.1. The number of hydrogen-bond donors (Lipinski definition) is 1. The number of alkyl halides is 3. The Balaban J connectivity index is 2.12. The average Bonchev–Trinajstić information content (AvgIpc) is 3.09. The van der Waals surface area contributed by atoms with E-state index in [1.807, 2.05) is 0 Å². The monoisotopic (exact) mass is 310 g/mol. The molecule has 1 aliphatic carbocycles. The summed E-state index contributed by atoms with van der Waals surface area (Å²) in [4.78, 5) is 1.31. The predicted molar refractivity (Wildman–Crippen MR) is 68.3 cm³/mol. The molecular formula is C11H17F3N4OS. The lowest BCUT2D eigenvalue weighted by atomic mass is 10.4. The standard InChI is InChI=1S/C11H17F3N4OS/c1-16-9(5-19)15-18(10(16)20)7-17(4-8-2-3-8)6-11(12,13)14/h8,19H,2-7H2,1H3. The van der Waals surface area contributed by atoms with Gasteiger partial charge in [-0.25, -0.2) is 4.68 Å². The van der Waals surface area contributed by atoms with Crippen molar-refractivity contribution in [2.75, 3.05) is 13.1 Å². The zero-order valence-electron chi connectivity index (χ0n) is 11.1. The van der Waals surface area contributed by atoms with Gasteiger partial charge in [0.25, 0.3) is 0 Å². The predicted octanol–water partition coefficient (Wildman–Crippen LogP) is 1.68. The van der Waals surface area contributed by atoms with Crippen LogP contribution in [0.15, 0.2) is 0 Å². The Labute approximate surface area is 119 Å². The van der Waals surface area contributed by atoms with Gasteiger partial charge in [0.1, 0.15) is 6.61 Å². The van der Waals surface area contributed by atoms with Gasteiger partial charge in [0.2, 0.25) is 0 Å². The first kappa shape index (κ1) is 15.5. The van der Waals surface area contributed by atoms with Gasteiger partial charge in [-0.2, -0.15) is 18.3 Å². The highest BCUT2D eigenvalue weighted by Crippen LogP contribution is 2.31. The minimum absolute atomic E-state index is 0.0112. The summed E-state index contributed by atoms with van der Waals surface area (Å²) in [6, 6.07) is 0. The number of aliphatic hydroxyl groups excluding tert-OH is 1. The number of rotatable bonds is 6. The molecule has 1 heterocycles. The Morgan fingerprint density at radius 3 is 2.55 bits per heavy atom. The first-order valence-electron chi connectivity index (χ1n) is 6.33. The van der Waals surface area contributed by atoms with Crippen LogP contribution in [0.5, 0.6) is 0 Å². The van der Waals surface area contributed by atoms with Crippen LogP contribution < -0.4 is 0 Å². The van der Waals surface area contributed by atoms with E-state index in [4.69, 9.17) is 17.3 Å². The summed E-state index contributed by atoms with van der Waals surface area (Å²) in [6.07, 6.45) is -2.29. The van der Waals surface area contributed by atoms with Crippen LogP contribution in [0.2, 0.25) is 0 Å². The zero-order valence-corrected chi connectivity index (χ0v) is 11.9. The number of aliphatic hydroxyl groups is 1. The highest BCUT2D eigenvalue weighted by Gasteiger charge is 2.34. The fourth-order valence-electron chi connectivity index (χ4n) is 2.04. The summed E-state index contributed by atoms with van der Waals surface area (Å²) in [6.45, 7) is -0.889. The fraction of sp³-hybridized carbons (Fsp3) is 0.818. The minimum Gasteiger partial charge on any atom is -0.388 e. The smallest absolute Gasteiger partial charge is 0.388 e. The van der Waals surface area contributed by atoms with Crippen molar-refractivity contribution in [3.63, 3.8) is 0 Å². The minimum atomic E-state index is -4.24. The lowest BCUT2D eigenvalue weighted by Crippen LogP contribution is -2.37. The third-order valence-corrected chi connectivity index (χ3v) is 3.71. The molecule has 1 aliphatic rings. The number of halogens is 3. The van der Waals surface area contributed by atoms with Crippen LogP contribution >= 0.6 is 12.2 Å². The molecule has 1 aromatic rings. The van der Waals surface area contributed by atoms with Crippen molar-refractivity contribution in [1.82, 2.24) is 19.2 Å². The molecule has 5 nitrogen and oxygen atoms in total. The molecule has 0 spiro atoms. The van der Waals surface area contributed by atoms with E-state index in [0.29, 0.717) is 23.1 Å². The van der Waals surface area contributed by atoms with E-state index in [2.05, 4.69) is 5.10 Å². The lowest BCUT2D eigenvalue weighted by molar-refractivity contribution is -0.150. The van der Waals surface area contributed by atoms with Crippen molar-refractivity contribution in [1.29, 1.82) is 0 Å². The van der Waals surface area contributed by atoms with Gasteiger partial charge in [0.05, 0.1) is 13.2 Å². The Morgan fingerprint density at radius 1 is 1.45 bits per heavy atom. The molecule has 0 aromatic carbocycles. The Hall–Kier alpha value is -0.930. The van der Waals surface area contributed by atoms with E-state index in [9.17, 15) is 13.2 Å². The molecule has 1 N–H and O–H groups in total. The molecular weight excluding hydrogens is 293 g/mol. The molecule has 1 fully saturated rings. The van der Waals surface area contributed by atoms with Gasteiger partial charge < -0.3 is 9.67 Å². The van der Waals surface area contributed by atoms with Crippen LogP contribution in [0.3, 0.4) is 0 Å². The van der Waals surface area contributed by atoms with Gasteiger partial charge in [-0.05, 0) is 31.0 Å². The third kappa shape index (κ3) is 4.03. The molecule has 0 aliphatic heterocycles. The largest absolute Gasteiger partial charge is 0.401 e. The van der Waals surface area contributed by atoms with E-state index in [1.54, 1.807) is 7.05 Å². The third-order valence-electron chi connectivity index (χ3n) is 3.22. The summed E-state index contributed by atoms with van der Waals surface area (Å²) in [5.41, 5.74) is 0. The second-order valence-electron chi connectivity index (χ2n) is 5.13. The van der Waals surface area contributed by atoms with Crippen molar-refractivity contribution in [3.05, 3.63) is 10.6 Å². The van der Waals surface area contributed by atoms with Gasteiger partial charge in [0, 0.05) is 13.6 Å². The summed E-state index contributed by atoms with van der Waals surface area (Å²) < 4.78 is 40.9. The molecule has 1 aromatic heterocycles. The molecule has 0 radical (unpaired) electrons. The second-order valence-corrected chi connectivity index (χ2v) is 5.49. The highest BCUT2D eigenvalue weighted by molar-refractivity contribution is 7.71. The number of nitrogens with zero attached hydrogens (tertiary/aromatic N) is 4. The molecule has 0 amide bonds. The Kier molecular flexibility index (Phi) is 4.50. The van der Waals surface area contributed by atoms with E-state index >= 15 is 0 Å². The van der Waals surface area contributed by atoms with Gasteiger partial charge in [-0.1, -0.05) is 0 Å². The van der Waals surface area contributed by atoms with Crippen LogP contribution in [0.25, 0.3) is 0 Å². The van der Waals surface area contributed by atoms with E-state index in [1.165, 1.54) is 14.1 Å². The van der Waals surface area contributed by atoms with Crippen molar-refractivity contribution in [2.45, 2.75) is 32.3 Å². The number of hydrogen-bond acceptors (Lipinski definition) is 4. The van der Waals surface area contributed by atoms with Crippen LogP contribution in [0, 0.1) is 10.7 Å². The molecule has 9 heteroatoms. The van der Waals surface area contributed by atoms with Crippen molar-refractivity contribution in [2.24, 2.45) is 13.0 Å². The first-order chi connectivity index (χ1) is 9.30. The molecule has 0 saturated heterocycles. The Morgan fingerprint density at radius 2 is 2.10 bits per heavy atom. The molecule has 114 valence electrons. The number of aromatic nitrogens is 3. The zero-order chi connectivity index (χ0) is 14.9.